The molecule has 100 valence electrons. The van der Waals surface area contributed by atoms with Crippen LogP contribution in [0.25, 0.3) is 0 Å². The molecule has 4 nitrogen and oxygen atoms in total. The number of unbranched alkanes of at least 4 members (excludes halogenated alkanes) is 5. The van der Waals surface area contributed by atoms with Crippen LogP contribution in [0.1, 0.15) is 51.9 Å². The van der Waals surface area contributed by atoms with Crippen molar-refractivity contribution in [2.75, 3.05) is 6.61 Å². The number of aliphatic carboxylic acids is 1. The predicted molar refractivity (Wildman–Crippen MR) is 66.8 cm³/mol. The number of aliphatic hydroxyl groups excluding tert-OH is 2. The average molecular weight is 244 g/mol. The zero-order chi connectivity index (χ0) is 13.1. The van der Waals surface area contributed by atoms with E-state index in [-0.39, 0.29) is 12.2 Å². The monoisotopic (exact) mass is 244 g/mol. The van der Waals surface area contributed by atoms with E-state index in [1.54, 1.807) is 0 Å². The van der Waals surface area contributed by atoms with Gasteiger partial charge in [-0.1, -0.05) is 32.1 Å². The van der Waals surface area contributed by atoms with Gasteiger partial charge in [-0.2, -0.15) is 0 Å². The Balaban J connectivity index is 3.48. The van der Waals surface area contributed by atoms with E-state index in [1.165, 1.54) is 13.0 Å². The Morgan fingerprint density at radius 3 is 2.18 bits per heavy atom. The number of hydrogen-bond acceptors (Lipinski definition) is 3. The van der Waals surface area contributed by atoms with E-state index in [9.17, 15) is 9.90 Å². The molecule has 17 heavy (non-hydrogen) atoms. The molecule has 0 amide bonds. The molecule has 0 aromatic rings. The van der Waals surface area contributed by atoms with Crippen molar-refractivity contribution in [2.24, 2.45) is 0 Å². The van der Waals surface area contributed by atoms with Crippen LogP contribution in [0.3, 0.4) is 0 Å². The number of hydrogen-bond donors (Lipinski definition) is 3. The van der Waals surface area contributed by atoms with Crippen LogP contribution in [0.2, 0.25) is 0 Å². The maximum Gasteiger partial charge on any atom is 0.331 e. The van der Waals surface area contributed by atoms with Crippen LogP contribution in [0, 0.1) is 0 Å². The van der Waals surface area contributed by atoms with Crippen molar-refractivity contribution in [3.63, 3.8) is 0 Å². The third-order valence-electron chi connectivity index (χ3n) is 2.69. The van der Waals surface area contributed by atoms with Gasteiger partial charge < -0.3 is 15.3 Å². The highest BCUT2D eigenvalue weighted by Gasteiger charge is 2.05. The molecule has 1 unspecified atom stereocenters. The van der Waals surface area contributed by atoms with Crippen LogP contribution >= 0.6 is 0 Å². The van der Waals surface area contributed by atoms with Gasteiger partial charge >= 0.3 is 5.97 Å². The van der Waals surface area contributed by atoms with Crippen LogP contribution in [0.4, 0.5) is 0 Å². The lowest BCUT2D eigenvalue weighted by atomic mass is 10.1. The summed E-state index contributed by atoms with van der Waals surface area (Å²) in [5.41, 5.74) is 0.195. The van der Waals surface area contributed by atoms with Gasteiger partial charge in [0.05, 0.1) is 6.10 Å². The second kappa shape index (κ2) is 10.3. The van der Waals surface area contributed by atoms with Crippen LogP contribution < -0.4 is 0 Å². The fraction of sp³-hybridized carbons (Fsp3) is 0.769. The SMILES string of the molecule is CC(=CC(O)CCCCCCCCO)C(=O)O. The Kier molecular flexibility index (Phi) is 9.77. The first-order valence-corrected chi connectivity index (χ1v) is 6.28. The van der Waals surface area contributed by atoms with E-state index >= 15 is 0 Å². The standard InChI is InChI=1S/C13H24O4/c1-11(13(16)17)10-12(15)8-6-4-2-3-5-7-9-14/h10,12,14-15H,2-9H2,1H3,(H,16,17). The summed E-state index contributed by atoms with van der Waals surface area (Å²) in [7, 11) is 0. The highest BCUT2D eigenvalue weighted by atomic mass is 16.4. The molecule has 0 aromatic heterocycles. The molecule has 0 saturated heterocycles. The minimum atomic E-state index is -0.979. The zero-order valence-corrected chi connectivity index (χ0v) is 10.6. The number of rotatable bonds is 10. The topological polar surface area (TPSA) is 77.8 Å². The molecule has 0 aliphatic carbocycles. The molecule has 3 N–H and O–H groups in total. The molecule has 0 saturated carbocycles. The van der Waals surface area contributed by atoms with Crippen molar-refractivity contribution in [3.05, 3.63) is 11.6 Å². The van der Waals surface area contributed by atoms with Crippen LogP contribution in [0.15, 0.2) is 11.6 Å². The fourth-order valence-corrected chi connectivity index (χ4v) is 1.62. The molecule has 0 heterocycles. The van der Waals surface area contributed by atoms with Crippen molar-refractivity contribution in [1.29, 1.82) is 0 Å². The summed E-state index contributed by atoms with van der Waals surface area (Å²) in [5.74, 6) is -0.979. The van der Waals surface area contributed by atoms with Crippen molar-refractivity contribution in [2.45, 2.75) is 58.0 Å². The number of carboxylic acids is 1. The number of carboxylic acid groups (broad SMARTS) is 1. The maximum absolute atomic E-state index is 10.5. The van der Waals surface area contributed by atoms with Crippen LogP contribution in [-0.4, -0.2) is 34.0 Å². The van der Waals surface area contributed by atoms with Crippen molar-refractivity contribution >= 4 is 5.97 Å². The predicted octanol–water partition coefficient (Wildman–Crippen LogP) is 2.10. The minimum Gasteiger partial charge on any atom is -0.478 e. The second-order valence-corrected chi connectivity index (χ2v) is 4.36. The van der Waals surface area contributed by atoms with E-state index in [0.29, 0.717) is 6.42 Å². The zero-order valence-electron chi connectivity index (χ0n) is 10.6. The van der Waals surface area contributed by atoms with Gasteiger partial charge in [-0.05, 0) is 25.8 Å². The van der Waals surface area contributed by atoms with Gasteiger partial charge in [-0.15, -0.1) is 0 Å². The van der Waals surface area contributed by atoms with Crippen LogP contribution in [-0.2, 0) is 4.79 Å². The van der Waals surface area contributed by atoms with E-state index in [1.807, 2.05) is 0 Å². The van der Waals surface area contributed by atoms with Crippen molar-refractivity contribution in [3.8, 4) is 0 Å². The van der Waals surface area contributed by atoms with Crippen molar-refractivity contribution < 1.29 is 20.1 Å². The lowest BCUT2D eigenvalue weighted by Gasteiger charge is -2.06. The molecular weight excluding hydrogens is 220 g/mol. The smallest absolute Gasteiger partial charge is 0.331 e. The average Bonchev–Trinajstić information content (AvgIpc) is 2.27. The first kappa shape index (κ1) is 16.1. The summed E-state index contributed by atoms with van der Waals surface area (Å²) in [5, 5.41) is 26.7. The first-order valence-electron chi connectivity index (χ1n) is 6.28. The summed E-state index contributed by atoms with van der Waals surface area (Å²) in [4.78, 5) is 10.5. The maximum atomic E-state index is 10.5. The van der Waals surface area contributed by atoms with E-state index in [0.717, 1.165) is 38.5 Å². The molecule has 4 heteroatoms. The van der Waals surface area contributed by atoms with Gasteiger partial charge in [0.15, 0.2) is 0 Å². The Morgan fingerprint density at radius 2 is 1.65 bits per heavy atom. The Bertz CT molecular complexity index is 236. The highest BCUT2D eigenvalue weighted by molar-refractivity contribution is 5.85. The molecule has 0 fully saturated rings. The third-order valence-corrected chi connectivity index (χ3v) is 2.69. The van der Waals surface area contributed by atoms with Gasteiger partial charge in [-0.3, -0.25) is 0 Å². The summed E-state index contributed by atoms with van der Waals surface area (Å²) in [6, 6.07) is 0. The van der Waals surface area contributed by atoms with Gasteiger partial charge in [0.25, 0.3) is 0 Å². The number of carbonyl (C=O) groups is 1. The van der Waals surface area contributed by atoms with Gasteiger partial charge in [0.1, 0.15) is 0 Å². The molecular formula is C13H24O4. The molecule has 0 spiro atoms. The van der Waals surface area contributed by atoms with Gasteiger partial charge in [0, 0.05) is 12.2 Å². The van der Waals surface area contributed by atoms with E-state index in [2.05, 4.69) is 0 Å². The largest absolute Gasteiger partial charge is 0.478 e. The molecule has 0 aliphatic rings. The Labute approximate surface area is 103 Å². The normalized spacial score (nSPS) is 13.7. The molecule has 1 atom stereocenters. The second-order valence-electron chi connectivity index (χ2n) is 4.36. The highest BCUT2D eigenvalue weighted by Crippen LogP contribution is 2.10. The minimum absolute atomic E-state index is 0.195. The van der Waals surface area contributed by atoms with E-state index < -0.39 is 12.1 Å². The van der Waals surface area contributed by atoms with E-state index in [4.69, 9.17) is 10.2 Å². The third kappa shape index (κ3) is 10.0. The number of aliphatic hydroxyl groups is 2. The molecule has 0 bridgehead atoms. The molecule has 0 radical (unpaired) electrons. The summed E-state index contributed by atoms with van der Waals surface area (Å²) >= 11 is 0. The first-order chi connectivity index (χ1) is 8.07. The van der Waals surface area contributed by atoms with Crippen molar-refractivity contribution in [1.82, 2.24) is 0 Å². The molecule has 0 rings (SSSR count). The molecule has 0 aromatic carbocycles. The lowest BCUT2D eigenvalue weighted by Crippen LogP contribution is -2.06. The fourth-order valence-electron chi connectivity index (χ4n) is 1.62. The Hall–Kier alpha value is -0.870. The summed E-state index contributed by atoms with van der Waals surface area (Å²) < 4.78 is 0. The quantitative estimate of drug-likeness (QED) is 0.406. The summed E-state index contributed by atoms with van der Waals surface area (Å²) in [6.07, 6.45) is 7.45. The van der Waals surface area contributed by atoms with Crippen LogP contribution in [0.5, 0.6) is 0 Å². The van der Waals surface area contributed by atoms with Gasteiger partial charge in [-0.25, -0.2) is 4.79 Å². The molecule has 0 aliphatic heterocycles. The lowest BCUT2D eigenvalue weighted by molar-refractivity contribution is -0.132. The van der Waals surface area contributed by atoms with Gasteiger partial charge in [0.2, 0.25) is 0 Å². The summed E-state index contributed by atoms with van der Waals surface area (Å²) in [6.45, 7) is 1.75. The Morgan fingerprint density at radius 1 is 1.12 bits per heavy atom.